The van der Waals surface area contributed by atoms with E-state index in [0.717, 1.165) is 0 Å². The second kappa shape index (κ2) is 8.22. The Bertz CT molecular complexity index is 416. The Balaban J connectivity index is 0.00000137. The van der Waals surface area contributed by atoms with Crippen LogP contribution in [-0.4, -0.2) is 19.0 Å². The summed E-state index contributed by atoms with van der Waals surface area (Å²) in [5, 5.41) is 0. The zero-order valence-corrected chi connectivity index (χ0v) is 11.0. The van der Waals surface area contributed by atoms with E-state index in [-0.39, 0.29) is 12.2 Å². The van der Waals surface area contributed by atoms with Gasteiger partial charge < -0.3 is 9.47 Å². The molecule has 0 unspecified atom stereocenters. The number of hydrogen-bond donors (Lipinski definition) is 0. The first-order valence-corrected chi connectivity index (χ1v) is 5.68. The highest BCUT2D eigenvalue weighted by atomic mass is 19.1. The summed E-state index contributed by atoms with van der Waals surface area (Å²) < 4.78 is 22.5. The first-order chi connectivity index (χ1) is 8.58. The van der Waals surface area contributed by atoms with E-state index in [0.29, 0.717) is 11.8 Å². The van der Waals surface area contributed by atoms with Crippen LogP contribution < -0.4 is 4.74 Å². The van der Waals surface area contributed by atoms with Crippen LogP contribution in [0.2, 0.25) is 0 Å². The quantitative estimate of drug-likeness (QED) is 0.472. The van der Waals surface area contributed by atoms with Gasteiger partial charge in [0.05, 0.1) is 12.2 Å². The molecule has 5 heteroatoms. The molecule has 0 bridgehead atoms. The molecule has 0 N–H and O–H groups in total. The zero-order valence-electron chi connectivity index (χ0n) is 11.0. The van der Waals surface area contributed by atoms with E-state index in [1.165, 1.54) is 12.1 Å². The monoisotopic (exact) mass is 256 g/mol. The first-order valence-electron chi connectivity index (χ1n) is 5.68. The van der Waals surface area contributed by atoms with Gasteiger partial charge >= 0.3 is 6.16 Å². The molecule has 0 aliphatic carbocycles. The Morgan fingerprint density at radius 2 is 2.00 bits per heavy atom. The van der Waals surface area contributed by atoms with Crippen molar-refractivity contribution in [3.8, 4) is 5.75 Å². The summed E-state index contributed by atoms with van der Waals surface area (Å²) in [5.74, 6) is -1.17. The van der Waals surface area contributed by atoms with Crippen LogP contribution >= 0.6 is 0 Å². The lowest BCUT2D eigenvalue weighted by molar-refractivity contribution is 0.101. The fourth-order valence-electron chi connectivity index (χ4n) is 1.18. The van der Waals surface area contributed by atoms with Crippen LogP contribution in [0.5, 0.6) is 5.75 Å². The molecular weight excluding hydrogens is 239 g/mol. The van der Waals surface area contributed by atoms with Crippen molar-refractivity contribution >= 4 is 12.4 Å². The Morgan fingerprint density at radius 1 is 1.39 bits per heavy atom. The number of ether oxygens (including phenoxy) is 2. The van der Waals surface area contributed by atoms with Gasteiger partial charge in [-0.1, -0.05) is 13.8 Å². The summed E-state index contributed by atoms with van der Waals surface area (Å²) in [7, 11) is 0. The van der Waals surface area contributed by atoms with E-state index in [4.69, 9.17) is 0 Å². The minimum Gasteiger partial charge on any atom is -0.434 e. The van der Waals surface area contributed by atoms with Crippen molar-refractivity contribution in [2.24, 2.45) is 0 Å². The van der Waals surface area contributed by atoms with Gasteiger partial charge in [-0.2, -0.15) is 0 Å². The van der Waals surface area contributed by atoms with Gasteiger partial charge in [-0.25, -0.2) is 9.18 Å². The van der Waals surface area contributed by atoms with Crippen molar-refractivity contribution in [3.63, 3.8) is 0 Å². The average Bonchev–Trinajstić information content (AvgIpc) is 2.35. The van der Waals surface area contributed by atoms with Crippen LogP contribution in [0.1, 0.15) is 36.7 Å². The van der Waals surface area contributed by atoms with Crippen molar-refractivity contribution in [2.75, 3.05) is 6.61 Å². The molecule has 0 amide bonds. The van der Waals surface area contributed by atoms with Crippen molar-refractivity contribution in [1.82, 2.24) is 0 Å². The summed E-state index contributed by atoms with van der Waals surface area (Å²) in [6.07, 6.45) is -0.613. The Morgan fingerprint density at radius 3 is 2.50 bits per heavy atom. The fourth-order valence-corrected chi connectivity index (χ4v) is 1.18. The van der Waals surface area contributed by atoms with Crippen LogP contribution in [0.3, 0.4) is 0 Å². The Labute approximate surface area is 106 Å². The summed E-state index contributed by atoms with van der Waals surface area (Å²) in [6, 6.07) is 2.59. The average molecular weight is 256 g/mol. The van der Waals surface area contributed by atoms with Gasteiger partial charge in [0.15, 0.2) is 17.9 Å². The number of aldehydes is 1. The molecule has 1 aromatic rings. The van der Waals surface area contributed by atoms with E-state index >= 15 is 0 Å². The maximum absolute atomic E-state index is 13.4. The molecule has 0 fully saturated rings. The van der Waals surface area contributed by atoms with E-state index in [9.17, 15) is 14.0 Å². The van der Waals surface area contributed by atoms with Crippen LogP contribution in [0.15, 0.2) is 12.1 Å². The highest BCUT2D eigenvalue weighted by Crippen LogP contribution is 2.23. The molecule has 0 saturated carbocycles. The van der Waals surface area contributed by atoms with E-state index in [1.807, 2.05) is 13.8 Å². The number of carbonyl (C=O) groups is 2. The second-order valence-electron chi connectivity index (χ2n) is 3.07. The molecule has 100 valence electrons. The summed E-state index contributed by atoms with van der Waals surface area (Å²) >= 11 is 0. The third-order valence-electron chi connectivity index (χ3n) is 1.79. The van der Waals surface area contributed by atoms with Gasteiger partial charge in [-0.05, 0) is 31.5 Å². The number of benzene rings is 1. The largest absolute Gasteiger partial charge is 0.513 e. The lowest BCUT2D eigenvalue weighted by atomic mass is 10.1. The molecule has 18 heavy (non-hydrogen) atoms. The van der Waals surface area contributed by atoms with E-state index in [2.05, 4.69) is 9.47 Å². The van der Waals surface area contributed by atoms with Crippen LogP contribution in [-0.2, 0) is 4.74 Å². The van der Waals surface area contributed by atoms with Gasteiger partial charge in [-0.15, -0.1) is 0 Å². The van der Waals surface area contributed by atoms with Gasteiger partial charge in [0.2, 0.25) is 0 Å². The van der Waals surface area contributed by atoms with E-state index < -0.39 is 17.7 Å². The van der Waals surface area contributed by atoms with Crippen LogP contribution in [0.25, 0.3) is 0 Å². The first kappa shape index (κ1) is 16.1. The van der Waals surface area contributed by atoms with Crippen molar-refractivity contribution in [1.29, 1.82) is 0 Å². The molecular formula is C13H17FO4. The Hall–Kier alpha value is -1.91. The molecule has 0 saturated heterocycles. The number of aryl methyl sites for hydroxylation is 1. The molecule has 0 aliphatic heterocycles. The summed E-state index contributed by atoms with van der Waals surface area (Å²) in [6.45, 7) is 7.33. The number of carbonyl (C=O) groups excluding carboxylic acids is 2. The van der Waals surface area contributed by atoms with Crippen molar-refractivity contribution < 1.29 is 23.5 Å². The highest BCUT2D eigenvalue weighted by molar-refractivity contribution is 5.81. The van der Waals surface area contributed by atoms with Crippen LogP contribution in [0.4, 0.5) is 9.18 Å². The maximum atomic E-state index is 13.4. The topological polar surface area (TPSA) is 52.6 Å². The normalized spacial score (nSPS) is 8.94. The van der Waals surface area contributed by atoms with Crippen molar-refractivity contribution in [2.45, 2.75) is 27.7 Å². The maximum Gasteiger partial charge on any atom is 0.513 e. The molecule has 4 nitrogen and oxygen atoms in total. The lowest BCUT2D eigenvalue weighted by Gasteiger charge is -2.08. The predicted octanol–water partition coefficient (Wildman–Crippen LogP) is 3.51. The molecule has 1 aromatic carbocycles. The standard InChI is InChI=1S/C11H11FO4.C2H6/c1-3-15-11(14)16-10-8(6-13)4-7(2)5-9(10)12;1-2/h4-6H,3H2,1-2H3;1-2H3. The summed E-state index contributed by atoms with van der Waals surface area (Å²) in [5.41, 5.74) is 0.543. The fraction of sp³-hybridized carbons (Fsp3) is 0.385. The van der Waals surface area contributed by atoms with Gasteiger partial charge in [0, 0.05) is 0 Å². The molecule has 0 spiro atoms. The lowest BCUT2D eigenvalue weighted by Crippen LogP contribution is -2.12. The molecule has 0 atom stereocenters. The number of hydrogen-bond acceptors (Lipinski definition) is 4. The van der Waals surface area contributed by atoms with Gasteiger partial charge in [0.1, 0.15) is 0 Å². The smallest absolute Gasteiger partial charge is 0.434 e. The zero-order chi connectivity index (χ0) is 14.1. The molecule has 0 heterocycles. The molecule has 1 rings (SSSR count). The predicted molar refractivity (Wildman–Crippen MR) is 65.5 cm³/mol. The SMILES string of the molecule is CC.CCOC(=O)Oc1c(F)cc(C)cc1C=O. The Kier molecular flexibility index (Phi) is 7.35. The van der Waals surface area contributed by atoms with Crippen molar-refractivity contribution in [3.05, 3.63) is 29.1 Å². The van der Waals surface area contributed by atoms with Crippen LogP contribution in [0, 0.1) is 12.7 Å². The van der Waals surface area contributed by atoms with E-state index in [1.54, 1.807) is 13.8 Å². The molecule has 0 aliphatic rings. The third-order valence-corrected chi connectivity index (χ3v) is 1.79. The number of halogens is 1. The number of rotatable bonds is 3. The molecule has 0 radical (unpaired) electrons. The minimum absolute atomic E-state index is 0.0226. The molecule has 0 aromatic heterocycles. The minimum atomic E-state index is -1.03. The third kappa shape index (κ3) is 4.53. The van der Waals surface area contributed by atoms with Gasteiger partial charge in [0.25, 0.3) is 0 Å². The second-order valence-corrected chi connectivity index (χ2v) is 3.07. The summed E-state index contributed by atoms with van der Waals surface area (Å²) in [4.78, 5) is 21.7. The highest BCUT2D eigenvalue weighted by Gasteiger charge is 2.15. The van der Waals surface area contributed by atoms with Gasteiger partial charge in [-0.3, -0.25) is 4.79 Å².